The summed E-state index contributed by atoms with van der Waals surface area (Å²) < 4.78 is 5.81. The van der Waals surface area contributed by atoms with Gasteiger partial charge in [0.2, 0.25) is 0 Å². The second-order valence-electron chi connectivity index (χ2n) is 6.07. The minimum absolute atomic E-state index is 0.252. The Labute approximate surface area is 163 Å². The topological polar surface area (TPSA) is 85.9 Å². The van der Waals surface area contributed by atoms with Gasteiger partial charge in [0.05, 0.1) is 24.1 Å². The number of carbonyl (C=O) groups excluding carboxylic acids is 1. The van der Waals surface area contributed by atoms with Crippen LogP contribution in [0.5, 0.6) is 5.75 Å². The van der Waals surface area contributed by atoms with Crippen molar-refractivity contribution in [2.45, 2.75) is 13.0 Å². The Kier molecular flexibility index (Phi) is 6.02. The van der Waals surface area contributed by atoms with Crippen molar-refractivity contribution in [3.63, 3.8) is 0 Å². The number of nitrogens with one attached hydrogen (secondary N) is 1. The average molecular weight is 367 g/mol. The van der Waals surface area contributed by atoms with Gasteiger partial charge in [0.25, 0.3) is 5.91 Å². The molecule has 3 aromatic carbocycles. The monoisotopic (exact) mass is 367 g/mol. The summed E-state index contributed by atoms with van der Waals surface area (Å²) in [6, 6.07) is 25.4. The molecule has 0 atom stereocenters. The van der Waals surface area contributed by atoms with Crippen LogP contribution in [0.3, 0.4) is 0 Å². The number of hydrogen-bond acceptors (Lipinski definition) is 4. The van der Waals surface area contributed by atoms with Crippen LogP contribution in [-0.2, 0) is 13.0 Å². The SMILES string of the molecule is N#CCc1ccc(OCc2ccccc2NC(=O)c2ccc(C#N)cc2)cc1. The van der Waals surface area contributed by atoms with E-state index in [-0.39, 0.29) is 5.91 Å². The Balaban J connectivity index is 1.67. The van der Waals surface area contributed by atoms with Gasteiger partial charge in [0.15, 0.2) is 0 Å². The summed E-state index contributed by atoms with van der Waals surface area (Å²) in [7, 11) is 0. The summed E-state index contributed by atoms with van der Waals surface area (Å²) in [5, 5.41) is 20.5. The molecule has 0 spiro atoms. The number of benzene rings is 3. The molecule has 0 aliphatic heterocycles. The van der Waals surface area contributed by atoms with Crippen LogP contribution in [0.25, 0.3) is 0 Å². The molecule has 0 aliphatic rings. The third kappa shape index (κ3) is 4.75. The van der Waals surface area contributed by atoms with Crippen LogP contribution in [0.15, 0.2) is 72.8 Å². The predicted octanol–water partition coefficient (Wildman–Crippen LogP) is 4.46. The van der Waals surface area contributed by atoms with E-state index in [9.17, 15) is 4.79 Å². The normalized spacial score (nSPS) is 9.79. The zero-order valence-electron chi connectivity index (χ0n) is 15.1. The molecule has 0 aromatic heterocycles. The first-order chi connectivity index (χ1) is 13.7. The number of ether oxygens (including phenoxy) is 1. The summed E-state index contributed by atoms with van der Waals surface area (Å²) in [6.45, 7) is 0.293. The highest BCUT2D eigenvalue weighted by Crippen LogP contribution is 2.20. The zero-order chi connectivity index (χ0) is 19.8. The third-order valence-electron chi connectivity index (χ3n) is 4.14. The second kappa shape index (κ2) is 9.02. The molecule has 0 heterocycles. The van der Waals surface area contributed by atoms with Crippen LogP contribution < -0.4 is 10.1 Å². The van der Waals surface area contributed by atoms with Gasteiger partial charge in [-0.2, -0.15) is 10.5 Å². The molecule has 1 N–H and O–H groups in total. The molecule has 5 heteroatoms. The molecule has 0 fully saturated rings. The minimum atomic E-state index is -0.252. The molecule has 28 heavy (non-hydrogen) atoms. The first-order valence-electron chi connectivity index (χ1n) is 8.67. The van der Waals surface area contributed by atoms with Gasteiger partial charge in [0.1, 0.15) is 12.4 Å². The Morgan fingerprint density at radius 2 is 1.64 bits per heavy atom. The van der Waals surface area contributed by atoms with Gasteiger partial charge in [-0.3, -0.25) is 4.79 Å². The average Bonchev–Trinajstić information content (AvgIpc) is 2.74. The standard InChI is InChI=1S/C23H17N3O2/c24-14-13-17-7-11-21(12-8-17)28-16-20-3-1-2-4-22(20)26-23(27)19-9-5-18(15-25)6-10-19/h1-12H,13,16H2,(H,26,27). The molecule has 0 saturated carbocycles. The van der Waals surface area contributed by atoms with Crippen molar-refractivity contribution in [3.8, 4) is 17.9 Å². The molecule has 0 aliphatic carbocycles. The lowest BCUT2D eigenvalue weighted by Crippen LogP contribution is -2.13. The Bertz CT molecular complexity index is 1040. The molecule has 3 aromatic rings. The quantitative estimate of drug-likeness (QED) is 0.697. The molecular weight excluding hydrogens is 350 g/mol. The minimum Gasteiger partial charge on any atom is -0.489 e. The van der Waals surface area contributed by atoms with Gasteiger partial charge in [-0.05, 0) is 48.0 Å². The summed E-state index contributed by atoms with van der Waals surface area (Å²) in [5.74, 6) is 0.438. The number of carbonyl (C=O) groups is 1. The first-order valence-corrected chi connectivity index (χ1v) is 8.67. The smallest absolute Gasteiger partial charge is 0.255 e. The number of nitriles is 2. The highest BCUT2D eigenvalue weighted by Gasteiger charge is 2.09. The van der Waals surface area contributed by atoms with E-state index >= 15 is 0 Å². The second-order valence-corrected chi connectivity index (χ2v) is 6.07. The van der Waals surface area contributed by atoms with Crippen molar-refractivity contribution in [3.05, 3.63) is 95.1 Å². The van der Waals surface area contributed by atoms with Gasteiger partial charge in [-0.25, -0.2) is 0 Å². The number of para-hydroxylation sites is 1. The molecule has 0 unspecified atom stereocenters. The van der Waals surface area contributed by atoms with E-state index in [0.29, 0.717) is 35.6 Å². The molecule has 0 saturated heterocycles. The number of rotatable bonds is 6. The lowest BCUT2D eigenvalue weighted by atomic mass is 10.1. The van der Waals surface area contributed by atoms with Crippen molar-refractivity contribution < 1.29 is 9.53 Å². The molecule has 136 valence electrons. The fourth-order valence-electron chi connectivity index (χ4n) is 2.61. The van der Waals surface area contributed by atoms with Crippen molar-refractivity contribution in [1.29, 1.82) is 10.5 Å². The largest absolute Gasteiger partial charge is 0.489 e. The lowest BCUT2D eigenvalue weighted by molar-refractivity contribution is 0.102. The van der Waals surface area contributed by atoms with Crippen LogP contribution >= 0.6 is 0 Å². The van der Waals surface area contributed by atoms with Crippen molar-refractivity contribution >= 4 is 11.6 Å². The van der Waals surface area contributed by atoms with Crippen LogP contribution in [0.4, 0.5) is 5.69 Å². The predicted molar refractivity (Wildman–Crippen MR) is 106 cm³/mol. The highest BCUT2D eigenvalue weighted by molar-refractivity contribution is 6.04. The van der Waals surface area contributed by atoms with Gasteiger partial charge in [0, 0.05) is 16.8 Å². The van der Waals surface area contributed by atoms with E-state index in [1.54, 1.807) is 24.3 Å². The highest BCUT2D eigenvalue weighted by atomic mass is 16.5. The van der Waals surface area contributed by atoms with Gasteiger partial charge in [-0.1, -0.05) is 30.3 Å². The molecular formula is C23H17N3O2. The van der Waals surface area contributed by atoms with Gasteiger partial charge >= 0.3 is 0 Å². The third-order valence-corrected chi connectivity index (χ3v) is 4.14. The number of hydrogen-bond donors (Lipinski definition) is 1. The molecule has 5 nitrogen and oxygen atoms in total. The molecule has 0 bridgehead atoms. The molecule has 0 radical (unpaired) electrons. The lowest BCUT2D eigenvalue weighted by Gasteiger charge is -2.12. The number of amides is 1. The van der Waals surface area contributed by atoms with E-state index in [2.05, 4.69) is 11.4 Å². The number of nitrogens with zero attached hydrogens (tertiary/aromatic N) is 2. The first kappa shape index (κ1) is 18.7. The fraction of sp³-hybridized carbons (Fsp3) is 0.0870. The maximum Gasteiger partial charge on any atom is 0.255 e. The van der Waals surface area contributed by atoms with E-state index < -0.39 is 0 Å². The maximum atomic E-state index is 12.5. The van der Waals surface area contributed by atoms with E-state index in [4.69, 9.17) is 15.3 Å². The summed E-state index contributed by atoms with van der Waals surface area (Å²) in [5.41, 5.74) is 3.42. The van der Waals surface area contributed by atoms with E-state index in [0.717, 1.165) is 11.1 Å². The van der Waals surface area contributed by atoms with Gasteiger partial charge in [-0.15, -0.1) is 0 Å². The summed E-state index contributed by atoms with van der Waals surface area (Å²) in [6.07, 6.45) is 0.366. The molecule has 1 amide bonds. The van der Waals surface area contributed by atoms with Crippen LogP contribution in [0, 0.1) is 22.7 Å². The van der Waals surface area contributed by atoms with Crippen LogP contribution in [-0.4, -0.2) is 5.91 Å². The zero-order valence-corrected chi connectivity index (χ0v) is 15.1. The maximum absolute atomic E-state index is 12.5. The van der Waals surface area contributed by atoms with Crippen LogP contribution in [0.1, 0.15) is 27.0 Å². The van der Waals surface area contributed by atoms with E-state index in [1.165, 1.54) is 0 Å². The van der Waals surface area contributed by atoms with Gasteiger partial charge < -0.3 is 10.1 Å². The molecule has 3 rings (SSSR count). The van der Waals surface area contributed by atoms with Crippen molar-refractivity contribution in [1.82, 2.24) is 0 Å². The number of anilines is 1. The summed E-state index contributed by atoms with van der Waals surface area (Å²) in [4.78, 5) is 12.5. The van der Waals surface area contributed by atoms with Crippen molar-refractivity contribution in [2.24, 2.45) is 0 Å². The Morgan fingerprint density at radius 3 is 2.32 bits per heavy atom. The van der Waals surface area contributed by atoms with E-state index in [1.807, 2.05) is 54.6 Å². The fourth-order valence-corrected chi connectivity index (χ4v) is 2.61. The Morgan fingerprint density at radius 1 is 0.929 bits per heavy atom. The van der Waals surface area contributed by atoms with Crippen LogP contribution in [0.2, 0.25) is 0 Å². The Hall–Kier alpha value is -4.09. The summed E-state index contributed by atoms with van der Waals surface area (Å²) >= 11 is 0. The van der Waals surface area contributed by atoms with Crippen molar-refractivity contribution in [2.75, 3.05) is 5.32 Å².